The minimum Gasteiger partial charge on any atom is -0.300 e. The first-order chi connectivity index (χ1) is 17.6. The Hall–Kier alpha value is -3.58. The summed E-state index contributed by atoms with van der Waals surface area (Å²) in [5.41, 5.74) is 0.715. The summed E-state index contributed by atoms with van der Waals surface area (Å²) in [6.45, 7) is 0.523. The Morgan fingerprint density at radius 3 is 2.67 bits per heavy atom. The van der Waals surface area contributed by atoms with E-state index in [9.17, 15) is 9.59 Å². The van der Waals surface area contributed by atoms with Gasteiger partial charge in [-0.15, -0.1) is 20.4 Å². The van der Waals surface area contributed by atoms with Crippen molar-refractivity contribution in [2.45, 2.75) is 51.0 Å². The summed E-state index contributed by atoms with van der Waals surface area (Å²) in [7, 11) is 0. The summed E-state index contributed by atoms with van der Waals surface area (Å²) in [6.07, 6.45) is 9.62. The molecule has 2 N–H and O–H groups in total. The monoisotopic (exact) mass is 523 g/mol. The van der Waals surface area contributed by atoms with Gasteiger partial charge in [0.1, 0.15) is 10.0 Å². The zero-order valence-electron chi connectivity index (χ0n) is 19.4. The van der Waals surface area contributed by atoms with Gasteiger partial charge in [-0.3, -0.25) is 19.3 Å². The van der Waals surface area contributed by atoms with E-state index in [0.717, 1.165) is 35.7 Å². The third-order valence-electron chi connectivity index (χ3n) is 5.95. The van der Waals surface area contributed by atoms with Crippen molar-refractivity contribution in [2.24, 2.45) is 5.92 Å². The van der Waals surface area contributed by atoms with E-state index in [-0.39, 0.29) is 18.2 Å². The molecule has 1 aliphatic rings. The lowest BCUT2D eigenvalue weighted by Gasteiger charge is -2.07. The van der Waals surface area contributed by atoms with Crippen molar-refractivity contribution >= 4 is 44.8 Å². The molecule has 1 fully saturated rings. The Kier molecular flexibility index (Phi) is 7.67. The first kappa shape index (κ1) is 24.1. The number of aryl methyl sites for hydroxylation is 1. The Balaban J connectivity index is 1.07. The van der Waals surface area contributed by atoms with Crippen LogP contribution in [0.25, 0.3) is 0 Å². The second-order valence-electron chi connectivity index (χ2n) is 8.64. The average Bonchev–Trinajstić information content (AvgIpc) is 3.67. The molecule has 11 nitrogen and oxygen atoms in total. The smallest absolute Gasteiger partial charge is 0.232 e. The van der Waals surface area contributed by atoms with Crippen molar-refractivity contribution < 1.29 is 9.59 Å². The normalized spacial score (nSPS) is 17.2. The second kappa shape index (κ2) is 11.4. The largest absolute Gasteiger partial charge is 0.300 e. The summed E-state index contributed by atoms with van der Waals surface area (Å²) < 4.78 is 1.72. The number of amides is 2. The molecule has 1 aliphatic carbocycles. The van der Waals surface area contributed by atoms with Crippen molar-refractivity contribution in [3.8, 4) is 0 Å². The van der Waals surface area contributed by atoms with Crippen LogP contribution in [0.1, 0.15) is 47.3 Å². The summed E-state index contributed by atoms with van der Waals surface area (Å²) in [5.74, 6) is 0.537. The maximum Gasteiger partial charge on any atom is 0.232 e. The molecule has 0 aromatic carbocycles. The third kappa shape index (κ3) is 6.55. The van der Waals surface area contributed by atoms with Crippen molar-refractivity contribution in [2.75, 3.05) is 10.6 Å². The Morgan fingerprint density at radius 1 is 0.972 bits per heavy atom. The molecule has 4 heterocycles. The van der Waals surface area contributed by atoms with Crippen LogP contribution in [0.2, 0.25) is 0 Å². The number of aromatic nitrogens is 7. The van der Waals surface area contributed by atoms with Crippen molar-refractivity contribution in [3.05, 3.63) is 58.6 Å². The van der Waals surface area contributed by atoms with Gasteiger partial charge in [-0.1, -0.05) is 28.7 Å². The Labute approximate surface area is 215 Å². The van der Waals surface area contributed by atoms with E-state index in [4.69, 9.17) is 0 Å². The minimum atomic E-state index is -0.152. The summed E-state index contributed by atoms with van der Waals surface area (Å²) in [6, 6.07) is 7.33. The van der Waals surface area contributed by atoms with Gasteiger partial charge in [0.15, 0.2) is 0 Å². The van der Waals surface area contributed by atoms with E-state index in [0.29, 0.717) is 40.8 Å². The molecular formula is C23H25N9O2S2. The molecule has 0 radical (unpaired) electrons. The zero-order chi connectivity index (χ0) is 24.7. The lowest BCUT2D eigenvalue weighted by Crippen LogP contribution is -2.14. The van der Waals surface area contributed by atoms with Crippen LogP contribution in [-0.4, -0.2) is 47.0 Å². The van der Waals surface area contributed by atoms with Gasteiger partial charge in [0, 0.05) is 49.6 Å². The van der Waals surface area contributed by atoms with Gasteiger partial charge in [0.05, 0.1) is 6.42 Å². The first-order valence-electron chi connectivity index (χ1n) is 11.7. The van der Waals surface area contributed by atoms with Gasteiger partial charge in [0.25, 0.3) is 0 Å². The standard InChI is InChI=1S/C23H25N9O2S2/c33-18(7-11-32-10-3-9-25-32)26-22-30-28-20(35-22)13-15-5-6-16(12-15)21-29-31-23(36-21)27-19(34)14-17-4-1-2-8-24-17/h1-4,8-10,15-16H,5-7,11-14H2,(H,26,30,33)(H,27,31,34). The third-order valence-corrected chi connectivity index (χ3v) is 7.81. The van der Waals surface area contributed by atoms with Gasteiger partial charge < -0.3 is 10.6 Å². The van der Waals surface area contributed by atoms with Gasteiger partial charge in [-0.2, -0.15) is 5.10 Å². The fourth-order valence-electron chi connectivity index (χ4n) is 4.23. The van der Waals surface area contributed by atoms with Crippen LogP contribution in [0, 0.1) is 5.92 Å². The number of rotatable bonds is 10. The lowest BCUT2D eigenvalue weighted by atomic mass is 10.0. The fourth-order valence-corrected chi connectivity index (χ4v) is 6.01. The number of pyridine rings is 1. The summed E-state index contributed by atoms with van der Waals surface area (Å²) in [5, 5.41) is 29.6. The van der Waals surface area contributed by atoms with Crippen molar-refractivity contribution in [1.29, 1.82) is 0 Å². The topological polar surface area (TPSA) is 140 Å². The SMILES string of the molecule is O=C(CCn1cccn1)Nc1nnc(CC2CCC(c3nnc(NC(=O)Cc4ccccn4)s3)C2)s1. The van der Waals surface area contributed by atoms with Gasteiger partial charge in [0.2, 0.25) is 22.1 Å². The first-order valence-corrected chi connectivity index (χ1v) is 13.4. The minimum absolute atomic E-state index is 0.103. The van der Waals surface area contributed by atoms with Crippen molar-refractivity contribution in [1.82, 2.24) is 35.2 Å². The number of anilines is 2. The number of carbonyl (C=O) groups excluding carboxylic acids is 2. The zero-order valence-corrected chi connectivity index (χ0v) is 21.0. The maximum absolute atomic E-state index is 12.3. The van der Waals surface area contributed by atoms with Gasteiger partial charge >= 0.3 is 0 Å². The average molecular weight is 524 g/mol. The molecule has 36 heavy (non-hydrogen) atoms. The Bertz CT molecular complexity index is 1290. The van der Waals surface area contributed by atoms with Crippen LogP contribution in [0.4, 0.5) is 10.3 Å². The molecule has 4 aromatic heterocycles. The van der Waals surface area contributed by atoms with Crippen LogP contribution >= 0.6 is 22.7 Å². The van der Waals surface area contributed by atoms with Gasteiger partial charge in [-0.25, -0.2) is 0 Å². The number of carbonyl (C=O) groups is 2. The molecule has 186 valence electrons. The molecule has 0 aliphatic heterocycles. The highest BCUT2D eigenvalue weighted by molar-refractivity contribution is 7.15. The van der Waals surface area contributed by atoms with Crippen LogP contribution in [0.3, 0.4) is 0 Å². The van der Waals surface area contributed by atoms with Crippen LogP contribution in [-0.2, 0) is 29.0 Å². The lowest BCUT2D eigenvalue weighted by molar-refractivity contribution is -0.117. The van der Waals surface area contributed by atoms with Crippen LogP contribution in [0.15, 0.2) is 42.9 Å². The predicted molar refractivity (Wildman–Crippen MR) is 136 cm³/mol. The summed E-state index contributed by atoms with van der Waals surface area (Å²) >= 11 is 2.86. The number of hydrogen-bond acceptors (Lipinski definition) is 10. The second-order valence-corrected chi connectivity index (χ2v) is 10.7. The van der Waals surface area contributed by atoms with E-state index >= 15 is 0 Å². The number of nitrogens with one attached hydrogen (secondary N) is 2. The van der Waals surface area contributed by atoms with Crippen LogP contribution in [0.5, 0.6) is 0 Å². The molecule has 2 amide bonds. The molecule has 0 spiro atoms. The number of hydrogen-bond donors (Lipinski definition) is 2. The molecule has 2 unspecified atom stereocenters. The molecule has 13 heteroatoms. The molecule has 4 aromatic rings. The summed E-state index contributed by atoms with van der Waals surface area (Å²) in [4.78, 5) is 28.6. The Morgan fingerprint density at radius 2 is 1.83 bits per heavy atom. The predicted octanol–water partition coefficient (Wildman–Crippen LogP) is 3.32. The highest BCUT2D eigenvalue weighted by Gasteiger charge is 2.29. The molecule has 1 saturated carbocycles. The molecular weight excluding hydrogens is 498 g/mol. The van der Waals surface area contributed by atoms with Crippen LogP contribution < -0.4 is 10.6 Å². The van der Waals surface area contributed by atoms with E-state index in [1.165, 1.54) is 22.7 Å². The van der Waals surface area contributed by atoms with E-state index in [1.54, 1.807) is 17.1 Å². The maximum atomic E-state index is 12.3. The number of nitrogens with zero attached hydrogens (tertiary/aromatic N) is 7. The molecule has 0 saturated heterocycles. The molecule has 0 bridgehead atoms. The quantitative estimate of drug-likeness (QED) is 0.323. The molecule has 2 atom stereocenters. The fraction of sp³-hybridized carbons (Fsp3) is 0.391. The van der Waals surface area contributed by atoms with E-state index < -0.39 is 0 Å². The van der Waals surface area contributed by atoms with E-state index in [2.05, 4.69) is 41.1 Å². The van der Waals surface area contributed by atoms with E-state index in [1.807, 2.05) is 30.5 Å². The highest BCUT2D eigenvalue weighted by Crippen LogP contribution is 2.41. The van der Waals surface area contributed by atoms with Gasteiger partial charge in [-0.05, 0) is 43.4 Å². The highest BCUT2D eigenvalue weighted by atomic mass is 32.1. The van der Waals surface area contributed by atoms with Crippen molar-refractivity contribution in [3.63, 3.8) is 0 Å². The molecule has 5 rings (SSSR count).